The van der Waals surface area contributed by atoms with Gasteiger partial charge < -0.3 is 15.0 Å². The number of ether oxygens (including phenoxy) is 1. The van der Waals surface area contributed by atoms with Gasteiger partial charge in [-0.15, -0.1) is 0 Å². The predicted molar refractivity (Wildman–Crippen MR) is 93.2 cm³/mol. The minimum absolute atomic E-state index is 0.109. The average Bonchev–Trinajstić information content (AvgIpc) is 3.04. The maximum absolute atomic E-state index is 12.5. The van der Waals surface area contributed by atoms with Crippen LogP contribution in [0.4, 0.5) is 11.4 Å². The first-order valence-corrected chi connectivity index (χ1v) is 7.87. The minimum Gasteiger partial charge on any atom is -0.497 e. The lowest BCUT2D eigenvalue weighted by atomic mass is 10.1. The Morgan fingerprint density at radius 1 is 1.28 bits per heavy atom. The molecule has 1 aliphatic rings. The monoisotopic (exact) mass is 335 g/mol. The zero-order valence-corrected chi connectivity index (χ0v) is 13.7. The Labute approximate surface area is 145 Å². The van der Waals surface area contributed by atoms with Crippen molar-refractivity contribution in [3.8, 4) is 11.8 Å². The van der Waals surface area contributed by atoms with E-state index in [0.29, 0.717) is 29.2 Å². The van der Waals surface area contributed by atoms with E-state index in [9.17, 15) is 9.59 Å². The molecule has 126 valence electrons. The van der Waals surface area contributed by atoms with E-state index in [-0.39, 0.29) is 18.2 Å². The van der Waals surface area contributed by atoms with Crippen molar-refractivity contribution in [1.82, 2.24) is 0 Å². The number of nitrogens with zero attached hydrogens (tertiary/aromatic N) is 2. The average molecular weight is 335 g/mol. The molecule has 0 bridgehead atoms. The molecule has 0 aliphatic carbocycles. The molecule has 0 saturated carbocycles. The third kappa shape index (κ3) is 3.45. The molecule has 25 heavy (non-hydrogen) atoms. The number of carbonyl (C=O) groups is 2. The summed E-state index contributed by atoms with van der Waals surface area (Å²) in [6, 6.07) is 16.0. The summed E-state index contributed by atoms with van der Waals surface area (Å²) in [6.07, 6.45) is 0.137. The first-order valence-electron chi connectivity index (χ1n) is 7.87. The molecule has 3 rings (SSSR count). The molecule has 1 saturated heterocycles. The molecule has 2 aromatic carbocycles. The zero-order chi connectivity index (χ0) is 17.8. The van der Waals surface area contributed by atoms with Crippen LogP contribution in [0.15, 0.2) is 48.5 Å². The molecule has 1 fully saturated rings. The van der Waals surface area contributed by atoms with Gasteiger partial charge in [0, 0.05) is 24.7 Å². The predicted octanol–water partition coefficient (Wildman–Crippen LogP) is 2.56. The van der Waals surface area contributed by atoms with Crippen LogP contribution in [-0.2, 0) is 9.59 Å². The molecular weight excluding hydrogens is 318 g/mol. The Morgan fingerprint density at radius 3 is 2.84 bits per heavy atom. The maximum Gasteiger partial charge on any atom is 0.229 e. The number of para-hydroxylation sites is 1. The fourth-order valence-electron chi connectivity index (χ4n) is 2.84. The molecule has 0 spiro atoms. The van der Waals surface area contributed by atoms with Gasteiger partial charge in [-0.1, -0.05) is 18.2 Å². The topological polar surface area (TPSA) is 82.4 Å². The first-order chi connectivity index (χ1) is 12.1. The van der Waals surface area contributed by atoms with E-state index >= 15 is 0 Å². The van der Waals surface area contributed by atoms with Gasteiger partial charge in [-0.2, -0.15) is 5.26 Å². The van der Waals surface area contributed by atoms with Gasteiger partial charge in [-0.25, -0.2) is 0 Å². The summed E-state index contributed by atoms with van der Waals surface area (Å²) in [5, 5.41) is 11.9. The number of rotatable bonds is 4. The standard InChI is InChI=1S/C19H17N3O3/c1-25-16-7-4-6-15(10-16)22-12-14(9-18(22)23)19(24)21-17-8-3-2-5-13(17)11-20/h2-8,10,14H,9,12H2,1H3,(H,21,24)/t14-/m1/s1. The molecule has 0 aromatic heterocycles. The van der Waals surface area contributed by atoms with Crippen molar-refractivity contribution < 1.29 is 14.3 Å². The second-order valence-corrected chi connectivity index (χ2v) is 5.75. The third-order valence-electron chi connectivity index (χ3n) is 4.17. The van der Waals surface area contributed by atoms with Crippen LogP contribution in [0, 0.1) is 17.2 Å². The van der Waals surface area contributed by atoms with Crippen molar-refractivity contribution in [1.29, 1.82) is 5.26 Å². The van der Waals surface area contributed by atoms with Crippen LogP contribution in [0.1, 0.15) is 12.0 Å². The summed E-state index contributed by atoms with van der Waals surface area (Å²) < 4.78 is 5.18. The molecule has 2 amide bonds. The van der Waals surface area contributed by atoms with Crippen LogP contribution in [0.2, 0.25) is 0 Å². The molecule has 1 N–H and O–H groups in total. The van der Waals surface area contributed by atoms with Crippen molar-refractivity contribution in [3.05, 3.63) is 54.1 Å². The van der Waals surface area contributed by atoms with Crippen molar-refractivity contribution >= 4 is 23.2 Å². The Bertz CT molecular complexity index is 857. The van der Waals surface area contributed by atoms with E-state index in [1.807, 2.05) is 12.1 Å². The summed E-state index contributed by atoms with van der Waals surface area (Å²) in [5.41, 5.74) is 1.56. The Hall–Kier alpha value is -3.33. The van der Waals surface area contributed by atoms with E-state index in [1.165, 1.54) is 0 Å². The fraction of sp³-hybridized carbons (Fsp3) is 0.211. The van der Waals surface area contributed by atoms with Gasteiger partial charge in [0.25, 0.3) is 0 Å². The summed E-state index contributed by atoms with van der Waals surface area (Å²) >= 11 is 0. The van der Waals surface area contributed by atoms with Crippen molar-refractivity contribution in [2.45, 2.75) is 6.42 Å². The molecule has 0 unspecified atom stereocenters. The van der Waals surface area contributed by atoms with E-state index in [4.69, 9.17) is 10.00 Å². The van der Waals surface area contributed by atoms with E-state index < -0.39 is 5.92 Å². The van der Waals surface area contributed by atoms with Gasteiger partial charge in [0.15, 0.2) is 0 Å². The van der Waals surface area contributed by atoms with Gasteiger partial charge in [0.2, 0.25) is 11.8 Å². The highest BCUT2D eigenvalue weighted by molar-refractivity contribution is 6.03. The SMILES string of the molecule is COc1cccc(N2C[C@H](C(=O)Nc3ccccc3C#N)CC2=O)c1. The smallest absolute Gasteiger partial charge is 0.229 e. The molecule has 6 heteroatoms. The molecule has 1 aliphatic heterocycles. The lowest BCUT2D eigenvalue weighted by Crippen LogP contribution is -2.28. The van der Waals surface area contributed by atoms with Gasteiger partial charge in [0.1, 0.15) is 11.8 Å². The first kappa shape index (κ1) is 16.5. The Morgan fingerprint density at radius 2 is 2.08 bits per heavy atom. The Balaban J connectivity index is 1.73. The number of anilines is 2. The van der Waals surface area contributed by atoms with Crippen LogP contribution in [-0.4, -0.2) is 25.5 Å². The molecule has 1 heterocycles. The number of hydrogen-bond donors (Lipinski definition) is 1. The van der Waals surface area contributed by atoms with Gasteiger partial charge in [-0.3, -0.25) is 9.59 Å². The van der Waals surface area contributed by atoms with Crippen LogP contribution in [0.3, 0.4) is 0 Å². The van der Waals surface area contributed by atoms with Crippen LogP contribution in [0.25, 0.3) is 0 Å². The Kier molecular flexibility index (Phi) is 4.66. The quantitative estimate of drug-likeness (QED) is 0.931. The highest BCUT2D eigenvalue weighted by Crippen LogP contribution is 2.28. The summed E-state index contributed by atoms with van der Waals surface area (Å²) in [7, 11) is 1.56. The highest BCUT2D eigenvalue weighted by atomic mass is 16.5. The maximum atomic E-state index is 12.5. The van der Waals surface area contributed by atoms with Crippen molar-refractivity contribution in [3.63, 3.8) is 0 Å². The number of methoxy groups -OCH3 is 1. The minimum atomic E-state index is -0.467. The summed E-state index contributed by atoms with van der Waals surface area (Å²) in [5.74, 6) is -0.185. The van der Waals surface area contributed by atoms with Crippen LogP contribution < -0.4 is 15.0 Å². The molecular formula is C19H17N3O3. The second-order valence-electron chi connectivity index (χ2n) is 5.75. The van der Waals surface area contributed by atoms with Crippen LogP contribution in [0.5, 0.6) is 5.75 Å². The van der Waals surface area contributed by atoms with Crippen molar-refractivity contribution in [2.24, 2.45) is 5.92 Å². The number of hydrogen-bond acceptors (Lipinski definition) is 4. The highest BCUT2D eigenvalue weighted by Gasteiger charge is 2.35. The second kappa shape index (κ2) is 7.05. The number of nitriles is 1. The van der Waals surface area contributed by atoms with Crippen LogP contribution >= 0.6 is 0 Å². The van der Waals surface area contributed by atoms with Gasteiger partial charge in [0.05, 0.1) is 24.3 Å². The zero-order valence-electron chi connectivity index (χ0n) is 13.7. The number of amides is 2. The number of carbonyl (C=O) groups excluding carboxylic acids is 2. The normalized spacial score (nSPS) is 16.4. The number of nitrogens with one attached hydrogen (secondary N) is 1. The lowest BCUT2D eigenvalue weighted by molar-refractivity contribution is -0.122. The largest absolute Gasteiger partial charge is 0.497 e. The van der Waals surface area contributed by atoms with E-state index in [0.717, 1.165) is 0 Å². The molecule has 6 nitrogen and oxygen atoms in total. The number of benzene rings is 2. The van der Waals surface area contributed by atoms with Crippen molar-refractivity contribution in [2.75, 3.05) is 23.9 Å². The van der Waals surface area contributed by atoms with E-state index in [1.54, 1.807) is 54.5 Å². The van der Waals surface area contributed by atoms with Gasteiger partial charge in [-0.05, 0) is 24.3 Å². The lowest BCUT2D eigenvalue weighted by Gasteiger charge is -2.17. The molecule has 2 aromatic rings. The molecule has 0 radical (unpaired) electrons. The van der Waals surface area contributed by atoms with Gasteiger partial charge >= 0.3 is 0 Å². The summed E-state index contributed by atoms with van der Waals surface area (Å²) in [4.78, 5) is 26.4. The summed E-state index contributed by atoms with van der Waals surface area (Å²) in [6.45, 7) is 0.298. The fourth-order valence-corrected chi connectivity index (χ4v) is 2.84. The molecule has 1 atom stereocenters. The van der Waals surface area contributed by atoms with E-state index in [2.05, 4.69) is 5.32 Å². The third-order valence-corrected chi connectivity index (χ3v) is 4.17.